The fourth-order valence-electron chi connectivity index (χ4n) is 3.20. The Labute approximate surface area is 181 Å². The summed E-state index contributed by atoms with van der Waals surface area (Å²) < 4.78 is 16.7. The number of aliphatic imine (C=N–C) groups is 1. The van der Waals surface area contributed by atoms with Crippen molar-refractivity contribution in [3.05, 3.63) is 65.3 Å². The second kappa shape index (κ2) is 9.97. The van der Waals surface area contributed by atoms with E-state index in [2.05, 4.69) is 39.8 Å². The Kier molecular flexibility index (Phi) is 6.66. The molecule has 0 spiro atoms. The molecule has 0 saturated heterocycles. The lowest BCUT2D eigenvalue weighted by molar-refractivity contribution is 0.297. The van der Waals surface area contributed by atoms with Gasteiger partial charge < -0.3 is 24.6 Å². The van der Waals surface area contributed by atoms with Crippen LogP contribution in [0.1, 0.15) is 29.3 Å². The summed E-state index contributed by atoms with van der Waals surface area (Å²) in [5.41, 5.74) is 3.26. The van der Waals surface area contributed by atoms with Crippen LogP contribution in [0.3, 0.4) is 0 Å². The van der Waals surface area contributed by atoms with Gasteiger partial charge in [0, 0.05) is 31.1 Å². The number of fused-ring (bicyclic) bond motifs is 1. The van der Waals surface area contributed by atoms with E-state index in [1.54, 1.807) is 6.92 Å². The highest BCUT2D eigenvalue weighted by molar-refractivity contribution is 5.94. The van der Waals surface area contributed by atoms with Gasteiger partial charge in [-0.15, -0.1) is 0 Å². The van der Waals surface area contributed by atoms with Crippen LogP contribution in [0, 0.1) is 13.8 Å². The molecule has 8 heteroatoms. The van der Waals surface area contributed by atoms with Gasteiger partial charge in [0.1, 0.15) is 0 Å². The average Bonchev–Trinajstić information content (AvgIpc) is 3.04. The topological polar surface area (TPSA) is 93.8 Å². The van der Waals surface area contributed by atoms with E-state index in [1.165, 1.54) is 11.1 Å². The summed E-state index contributed by atoms with van der Waals surface area (Å²) in [5, 5.41) is 10.5. The first-order chi connectivity index (χ1) is 15.2. The van der Waals surface area contributed by atoms with Gasteiger partial charge in [0.15, 0.2) is 23.3 Å². The molecule has 0 unspecified atom stereocenters. The summed E-state index contributed by atoms with van der Waals surface area (Å²) in [7, 11) is 0. The van der Waals surface area contributed by atoms with Gasteiger partial charge in [0.2, 0.25) is 5.89 Å². The maximum absolute atomic E-state index is 5.80. The van der Waals surface area contributed by atoms with Gasteiger partial charge in [-0.3, -0.25) is 0 Å². The maximum atomic E-state index is 5.80. The molecule has 4 rings (SSSR count). The summed E-state index contributed by atoms with van der Waals surface area (Å²) in [6.45, 7) is 6.37. The minimum absolute atomic E-state index is 0.562. The number of rotatable bonds is 6. The molecule has 3 aromatic rings. The van der Waals surface area contributed by atoms with Crippen molar-refractivity contribution in [2.75, 3.05) is 25.1 Å². The molecule has 0 atom stereocenters. The van der Waals surface area contributed by atoms with Gasteiger partial charge in [0.25, 0.3) is 0 Å². The molecule has 2 heterocycles. The van der Waals surface area contributed by atoms with Crippen LogP contribution in [-0.4, -0.2) is 35.9 Å². The second-order valence-corrected chi connectivity index (χ2v) is 7.34. The summed E-state index contributed by atoms with van der Waals surface area (Å²) in [6, 6.07) is 14.1. The van der Waals surface area contributed by atoms with Crippen LogP contribution in [0.5, 0.6) is 11.5 Å². The standard InChI is InChI=1S/C23H27N5O3/c1-16-6-3-4-7-18(16)15-25-23(24-11-10-22-26-17(2)28-31-22)27-19-8-9-20-21(14-19)30-13-5-12-29-20/h3-4,6-9,14H,5,10-13,15H2,1-2H3,(H2,24,25,27). The number of nitrogens with zero attached hydrogens (tertiary/aromatic N) is 3. The first-order valence-corrected chi connectivity index (χ1v) is 10.5. The number of anilines is 1. The third-order valence-corrected chi connectivity index (χ3v) is 4.88. The zero-order chi connectivity index (χ0) is 21.5. The van der Waals surface area contributed by atoms with E-state index in [1.807, 2.05) is 30.3 Å². The Morgan fingerprint density at radius 1 is 1.06 bits per heavy atom. The minimum atomic E-state index is 0.562. The number of aromatic nitrogens is 2. The van der Waals surface area contributed by atoms with Gasteiger partial charge >= 0.3 is 0 Å². The molecule has 8 nitrogen and oxygen atoms in total. The van der Waals surface area contributed by atoms with E-state index in [-0.39, 0.29) is 0 Å². The third kappa shape index (κ3) is 5.75. The van der Waals surface area contributed by atoms with Crippen LogP contribution in [0.15, 0.2) is 52.0 Å². The molecule has 0 aliphatic carbocycles. The SMILES string of the molecule is Cc1noc(CCNC(=NCc2ccccc2C)Nc2ccc3c(c2)OCCCO3)n1. The quantitative estimate of drug-likeness (QED) is 0.463. The van der Waals surface area contributed by atoms with Crippen LogP contribution in [0.25, 0.3) is 0 Å². The molecule has 1 aliphatic heterocycles. The minimum Gasteiger partial charge on any atom is -0.490 e. The van der Waals surface area contributed by atoms with E-state index < -0.39 is 0 Å². The fourth-order valence-corrected chi connectivity index (χ4v) is 3.20. The van der Waals surface area contributed by atoms with Gasteiger partial charge in [0.05, 0.1) is 19.8 Å². The highest BCUT2D eigenvalue weighted by atomic mass is 16.5. The first kappa shape index (κ1) is 20.7. The van der Waals surface area contributed by atoms with Crippen LogP contribution in [0.4, 0.5) is 5.69 Å². The molecule has 162 valence electrons. The molecule has 1 aliphatic rings. The molecule has 0 saturated carbocycles. The molecular weight excluding hydrogens is 394 g/mol. The van der Waals surface area contributed by atoms with E-state index in [0.717, 1.165) is 23.6 Å². The van der Waals surface area contributed by atoms with Crippen LogP contribution < -0.4 is 20.1 Å². The lowest BCUT2D eigenvalue weighted by Gasteiger charge is -2.14. The van der Waals surface area contributed by atoms with Crippen molar-refractivity contribution >= 4 is 11.6 Å². The summed E-state index contributed by atoms with van der Waals surface area (Å²) in [4.78, 5) is 9.02. The van der Waals surface area contributed by atoms with Gasteiger partial charge in [-0.2, -0.15) is 4.98 Å². The molecule has 31 heavy (non-hydrogen) atoms. The Morgan fingerprint density at radius 2 is 1.90 bits per heavy atom. The Balaban J connectivity index is 1.47. The number of guanidine groups is 1. The summed E-state index contributed by atoms with van der Waals surface area (Å²) >= 11 is 0. The number of nitrogens with one attached hydrogen (secondary N) is 2. The molecule has 2 aromatic carbocycles. The molecule has 1 aromatic heterocycles. The van der Waals surface area contributed by atoms with Crippen molar-refractivity contribution in [2.24, 2.45) is 4.99 Å². The number of hydrogen-bond acceptors (Lipinski definition) is 6. The normalized spacial score (nSPS) is 13.5. The zero-order valence-electron chi connectivity index (χ0n) is 17.9. The van der Waals surface area contributed by atoms with Crippen molar-refractivity contribution in [3.63, 3.8) is 0 Å². The Bertz CT molecular complexity index is 1050. The first-order valence-electron chi connectivity index (χ1n) is 10.5. The smallest absolute Gasteiger partial charge is 0.228 e. The van der Waals surface area contributed by atoms with Crippen LogP contribution in [-0.2, 0) is 13.0 Å². The third-order valence-electron chi connectivity index (χ3n) is 4.88. The van der Waals surface area contributed by atoms with Gasteiger partial charge in [-0.05, 0) is 37.1 Å². The van der Waals surface area contributed by atoms with E-state index >= 15 is 0 Å². The number of ether oxygens (including phenoxy) is 2. The fraction of sp³-hybridized carbons (Fsp3) is 0.348. The highest BCUT2D eigenvalue weighted by Gasteiger charge is 2.12. The average molecular weight is 422 g/mol. The lowest BCUT2D eigenvalue weighted by atomic mass is 10.1. The van der Waals surface area contributed by atoms with Crippen LogP contribution >= 0.6 is 0 Å². The van der Waals surface area contributed by atoms with Crippen molar-refractivity contribution in [1.29, 1.82) is 0 Å². The zero-order valence-corrected chi connectivity index (χ0v) is 17.9. The van der Waals surface area contributed by atoms with Gasteiger partial charge in [-0.1, -0.05) is 29.4 Å². The molecule has 2 N–H and O–H groups in total. The molecule has 0 bridgehead atoms. The molecule has 0 amide bonds. The van der Waals surface area contributed by atoms with Gasteiger partial charge in [-0.25, -0.2) is 4.99 Å². The summed E-state index contributed by atoms with van der Waals surface area (Å²) in [6.07, 6.45) is 1.48. The molecule has 0 fully saturated rings. The maximum Gasteiger partial charge on any atom is 0.228 e. The second-order valence-electron chi connectivity index (χ2n) is 7.34. The monoisotopic (exact) mass is 421 g/mol. The molecular formula is C23H27N5O3. The van der Waals surface area contributed by atoms with Crippen molar-refractivity contribution < 1.29 is 14.0 Å². The largest absolute Gasteiger partial charge is 0.490 e. The van der Waals surface area contributed by atoms with Crippen LogP contribution in [0.2, 0.25) is 0 Å². The number of aryl methyl sites for hydroxylation is 2. The number of benzene rings is 2. The van der Waals surface area contributed by atoms with E-state index in [9.17, 15) is 0 Å². The Hall–Kier alpha value is -3.55. The van der Waals surface area contributed by atoms with E-state index in [4.69, 9.17) is 19.0 Å². The lowest BCUT2D eigenvalue weighted by Crippen LogP contribution is -2.32. The van der Waals surface area contributed by atoms with Crippen molar-refractivity contribution in [2.45, 2.75) is 33.2 Å². The summed E-state index contributed by atoms with van der Waals surface area (Å²) in [5.74, 6) is 3.39. The number of hydrogen-bond donors (Lipinski definition) is 2. The van der Waals surface area contributed by atoms with Crippen molar-refractivity contribution in [1.82, 2.24) is 15.5 Å². The van der Waals surface area contributed by atoms with Crippen molar-refractivity contribution in [3.8, 4) is 11.5 Å². The molecule has 0 radical (unpaired) electrons. The predicted octanol–water partition coefficient (Wildman–Crippen LogP) is 3.65. The predicted molar refractivity (Wildman–Crippen MR) is 119 cm³/mol. The Morgan fingerprint density at radius 3 is 2.71 bits per heavy atom. The van der Waals surface area contributed by atoms with E-state index in [0.29, 0.717) is 50.4 Å². The highest BCUT2D eigenvalue weighted by Crippen LogP contribution is 2.32.